The number of nitrogens with zero attached hydrogens (tertiary/aromatic N) is 4. The standard InChI is InChI=1S/C26H29N5O4/c1-16-12-20(28-24-23(16)35-22(29-24)15-30-9-3-4-10-30)17-7-8-19-18(13-17)14-31(26(19)34)21(6-5-11-32)25(33)27-2/h7-8,11-13,21H,3-6,9-10,14-15H2,1-2H3,(H,27,33). The van der Waals surface area contributed by atoms with Crippen LogP contribution in [0, 0.1) is 6.92 Å². The molecule has 0 bridgehead atoms. The van der Waals surface area contributed by atoms with Crippen LogP contribution < -0.4 is 5.32 Å². The molecule has 9 heteroatoms. The summed E-state index contributed by atoms with van der Waals surface area (Å²) >= 11 is 0. The predicted molar refractivity (Wildman–Crippen MR) is 130 cm³/mol. The van der Waals surface area contributed by atoms with E-state index in [-0.39, 0.29) is 18.2 Å². The molecule has 0 saturated carbocycles. The molecule has 0 aliphatic carbocycles. The lowest BCUT2D eigenvalue weighted by Gasteiger charge is -2.25. The molecular weight excluding hydrogens is 446 g/mol. The Morgan fingerprint density at radius 3 is 2.77 bits per heavy atom. The number of oxazole rings is 1. The maximum atomic E-state index is 13.1. The largest absolute Gasteiger partial charge is 0.437 e. The van der Waals surface area contributed by atoms with Crippen LogP contribution in [0.15, 0.2) is 28.7 Å². The van der Waals surface area contributed by atoms with Crippen LogP contribution in [0.5, 0.6) is 0 Å². The van der Waals surface area contributed by atoms with Crippen molar-refractivity contribution in [3.8, 4) is 11.3 Å². The van der Waals surface area contributed by atoms with E-state index in [2.05, 4.69) is 15.2 Å². The van der Waals surface area contributed by atoms with E-state index in [1.165, 1.54) is 19.9 Å². The van der Waals surface area contributed by atoms with Gasteiger partial charge in [0.15, 0.2) is 11.2 Å². The summed E-state index contributed by atoms with van der Waals surface area (Å²) < 4.78 is 6.02. The van der Waals surface area contributed by atoms with Crippen LogP contribution in [-0.2, 0) is 22.7 Å². The quantitative estimate of drug-likeness (QED) is 0.499. The number of likely N-dealkylation sites (N-methyl/N-ethyl adjacent to an activating group) is 1. The van der Waals surface area contributed by atoms with Gasteiger partial charge in [-0.05, 0) is 68.6 Å². The number of aldehydes is 1. The maximum absolute atomic E-state index is 13.1. The number of hydrogen-bond donors (Lipinski definition) is 1. The zero-order chi connectivity index (χ0) is 24.5. The fraction of sp³-hybridized carbons (Fsp3) is 0.423. The van der Waals surface area contributed by atoms with Gasteiger partial charge in [-0.25, -0.2) is 4.98 Å². The Balaban J connectivity index is 1.42. The predicted octanol–water partition coefficient (Wildman–Crippen LogP) is 2.84. The van der Waals surface area contributed by atoms with Gasteiger partial charge in [-0.1, -0.05) is 6.07 Å². The summed E-state index contributed by atoms with van der Waals surface area (Å²) in [5, 5.41) is 2.61. The highest BCUT2D eigenvalue weighted by Gasteiger charge is 2.36. The first-order valence-electron chi connectivity index (χ1n) is 12.1. The number of aromatic nitrogens is 2. The molecule has 4 heterocycles. The highest BCUT2D eigenvalue weighted by atomic mass is 16.3. The van der Waals surface area contributed by atoms with Crippen molar-refractivity contribution >= 4 is 29.3 Å². The van der Waals surface area contributed by atoms with Crippen molar-refractivity contribution in [2.45, 2.75) is 51.7 Å². The monoisotopic (exact) mass is 475 g/mol. The molecule has 2 amide bonds. The first-order chi connectivity index (χ1) is 17.0. The third-order valence-electron chi connectivity index (χ3n) is 6.87. The van der Waals surface area contributed by atoms with Gasteiger partial charge in [0.05, 0.1) is 12.2 Å². The second kappa shape index (κ2) is 9.58. The van der Waals surface area contributed by atoms with E-state index in [9.17, 15) is 14.4 Å². The van der Waals surface area contributed by atoms with Gasteiger partial charge in [-0.3, -0.25) is 14.5 Å². The molecule has 2 aromatic heterocycles. The minimum absolute atomic E-state index is 0.200. The molecule has 0 radical (unpaired) electrons. The van der Waals surface area contributed by atoms with Crippen LogP contribution in [0.2, 0.25) is 0 Å². The Morgan fingerprint density at radius 2 is 2.03 bits per heavy atom. The summed E-state index contributed by atoms with van der Waals surface area (Å²) in [6.45, 7) is 5.12. The summed E-state index contributed by atoms with van der Waals surface area (Å²) in [7, 11) is 1.53. The first kappa shape index (κ1) is 23.2. The van der Waals surface area contributed by atoms with Crippen LogP contribution in [0.3, 0.4) is 0 Å². The molecule has 1 fully saturated rings. The second-order valence-corrected chi connectivity index (χ2v) is 9.25. The number of likely N-dealkylation sites (tertiary alicyclic amines) is 1. The smallest absolute Gasteiger partial charge is 0.255 e. The number of hydrogen-bond acceptors (Lipinski definition) is 7. The van der Waals surface area contributed by atoms with E-state index in [1.54, 1.807) is 11.0 Å². The van der Waals surface area contributed by atoms with Gasteiger partial charge < -0.3 is 19.4 Å². The number of benzene rings is 1. The number of rotatable bonds is 8. The first-order valence-corrected chi connectivity index (χ1v) is 12.1. The van der Waals surface area contributed by atoms with Crippen molar-refractivity contribution in [2.75, 3.05) is 20.1 Å². The molecule has 1 N–H and O–H groups in total. The van der Waals surface area contributed by atoms with E-state index >= 15 is 0 Å². The number of amides is 2. The van der Waals surface area contributed by atoms with Gasteiger partial charge in [0.2, 0.25) is 11.8 Å². The summed E-state index contributed by atoms with van der Waals surface area (Å²) in [5.74, 6) is 0.209. The van der Waals surface area contributed by atoms with E-state index in [1.807, 2.05) is 25.1 Å². The zero-order valence-corrected chi connectivity index (χ0v) is 20.0. The van der Waals surface area contributed by atoms with Crippen molar-refractivity contribution in [3.63, 3.8) is 0 Å². The Bertz CT molecular complexity index is 1290. The number of fused-ring (bicyclic) bond motifs is 2. The molecule has 5 rings (SSSR count). The summed E-state index contributed by atoms with van der Waals surface area (Å²) in [6.07, 6.45) is 3.69. The number of aryl methyl sites for hydroxylation is 1. The normalized spacial score (nSPS) is 16.6. The average molecular weight is 476 g/mol. The SMILES string of the molecule is CNC(=O)C(CCC=O)N1Cc2cc(-c3cc(C)c4oc(CN5CCCC5)nc4n3)ccc2C1=O. The van der Waals surface area contributed by atoms with Crippen LogP contribution in [0.4, 0.5) is 0 Å². The lowest BCUT2D eigenvalue weighted by molar-refractivity contribution is -0.125. The minimum Gasteiger partial charge on any atom is -0.437 e. The Labute approximate surface area is 203 Å². The fourth-order valence-electron chi connectivity index (χ4n) is 5.03. The van der Waals surface area contributed by atoms with Crippen molar-refractivity contribution in [1.29, 1.82) is 0 Å². The molecule has 0 spiro atoms. The molecule has 35 heavy (non-hydrogen) atoms. The third kappa shape index (κ3) is 4.43. The van der Waals surface area contributed by atoms with E-state index in [4.69, 9.17) is 9.40 Å². The molecule has 1 saturated heterocycles. The average Bonchev–Trinajstić information content (AvgIpc) is 3.59. The van der Waals surface area contributed by atoms with Crippen LogP contribution in [0.25, 0.3) is 22.5 Å². The summed E-state index contributed by atoms with van der Waals surface area (Å²) in [4.78, 5) is 49.6. The number of pyridine rings is 1. The number of carbonyl (C=O) groups is 3. The highest BCUT2D eigenvalue weighted by molar-refractivity contribution is 6.01. The van der Waals surface area contributed by atoms with Gasteiger partial charge in [0.1, 0.15) is 12.3 Å². The number of carbonyl (C=O) groups excluding carboxylic acids is 3. The van der Waals surface area contributed by atoms with Gasteiger partial charge in [-0.15, -0.1) is 0 Å². The van der Waals surface area contributed by atoms with E-state index < -0.39 is 6.04 Å². The van der Waals surface area contributed by atoms with Crippen LogP contribution in [-0.4, -0.2) is 64.0 Å². The lowest BCUT2D eigenvalue weighted by atomic mass is 10.0. The molecule has 1 unspecified atom stereocenters. The third-order valence-corrected chi connectivity index (χ3v) is 6.87. The van der Waals surface area contributed by atoms with Crippen molar-refractivity contribution in [1.82, 2.24) is 25.1 Å². The van der Waals surface area contributed by atoms with Crippen LogP contribution >= 0.6 is 0 Å². The molecule has 3 aromatic rings. The molecule has 1 atom stereocenters. The molecule has 182 valence electrons. The summed E-state index contributed by atoms with van der Waals surface area (Å²) in [5.41, 5.74) is 5.28. The molecule has 9 nitrogen and oxygen atoms in total. The zero-order valence-electron chi connectivity index (χ0n) is 20.0. The molecular formula is C26H29N5O4. The van der Waals surface area contributed by atoms with Gasteiger partial charge >= 0.3 is 0 Å². The van der Waals surface area contributed by atoms with Gasteiger partial charge in [0.25, 0.3) is 5.91 Å². The topological polar surface area (TPSA) is 109 Å². The maximum Gasteiger partial charge on any atom is 0.255 e. The molecule has 2 aliphatic rings. The number of nitrogens with one attached hydrogen (secondary N) is 1. The lowest BCUT2D eigenvalue weighted by Crippen LogP contribution is -2.46. The van der Waals surface area contributed by atoms with Crippen LogP contribution in [0.1, 0.15) is 53.1 Å². The van der Waals surface area contributed by atoms with E-state index in [0.717, 1.165) is 41.8 Å². The summed E-state index contributed by atoms with van der Waals surface area (Å²) in [6, 6.07) is 6.90. The van der Waals surface area contributed by atoms with Crippen molar-refractivity contribution in [3.05, 3.63) is 46.8 Å². The second-order valence-electron chi connectivity index (χ2n) is 9.25. The Kier molecular flexibility index (Phi) is 6.34. The molecule has 2 aliphatic heterocycles. The fourth-order valence-corrected chi connectivity index (χ4v) is 5.03. The molecule has 1 aromatic carbocycles. The Morgan fingerprint density at radius 1 is 1.23 bits per heavy atom. The van der Waals surface area contributed by atoms with Gasteiger partial charge in [-0.2, -0.15) is 4.98 Å². The van der Waals surface area contributed by atoms with Gasteiger partial charge in [0, 0.05) is 31.1 Å². The minimum atomic E-state index is -0.686. The Hall–Kier alpha value is -3.59. The van der Waals surface area contributed by atoms with Crippen molar-refractivity contribution < 1.29 is 18.8 Å². The van der Waals surface area contributed by atoms with E-state index in [0.29, 0.717) is 42.2 Å². The van der Waals surface area contributed by atoms with Crippen molar-refractivity contribution in [2.24, 2.45) is 0 Å². The highest BCUT2D eigenvalue weighted by Crippen LogP contribution is 2.32.